The Labute approximate surface area is 137 Å². The van der Waals surface area contributed by atoms with Gasteiger partial charge in [0.15, 0.2) is 6.61 Å². The molecule has 126 valence electrons. The van der Waals surface area contributed by atoms with Crippen molar-refractivity contribution >= 4 is 28.7 Å². The van der Waals surface area contributed by atoms with Crippen LogP contribution in [0.3, 0.4) is 0 Å². The lowest BCUT2D eigenvalue weighted by Gasteiger charge is -2.16. The number of carbonyl (C=O) groups excluding carboxylic acids is 3. The van der Waals surface area contributed by atoms with E-state index < -0.39 is 24.0 Å². The molecule has 0 fully saturated rings. The van der Waals surface area contributed by atoms with Gasteiger partial charge in [-0.1, -0.05) is 18.2 Å². The predicted octanol–water partition coefficient (Wildman–Crippen LogP) is -0.111. The summed E-state index contributed by atoms with van der Waals surface area (Å²) in [5.74, 6) is -1.64. The lowest BCUT2D eigenvalue weighted by Crippen LogP contribution is -2.39. The summed E-state index contributed by atoms with van der Waals surface area (Å²) in [7, 11) is 2.88. The van der Waals surface area contributed by atoms with Crippen LogP contribution in [-0.2, 0) is 14.3 Å². The quantitative estimate of drug-likeness (QED) is 0.743. The van der Waals surface area contributed by atoms with Gasteiger partial charge in [-0.15, -0.1) is 0 Å². The van der Waals surface area contributed by atoms with Crippen molar-refractivity contribution in [2.24, 2.45) is 0 Å². The molecule has 24 heavy (non-hydrogen) atoms. The Morgan fingerprint density at radius 3 is 2.67 bits per heavy atom. The first-order chi connectivity index (χ1) is 11.4. The van der Waals surface area contributed by atoms with Crippen molar-refractivity contribution < 1.29 is 19.1 Å². The van der Waals surface area contributed by atoms with Gasteiger partial charge in [0.2, 0.25) is 11.5 Å². The van der Waals surface area contributed by atoms with Crippen molar-refractivity contribution in [1.82, 2.24) is 15.2 Å². The number of fused-ring (bicyclic) bond motifs is 1. The molecule has 0 radical (unpaired) electrons. The van der Waals surface area contributed by atoms with Crippen molar-refractivity contribution in [2.75, 3.05) is 27.2 Å². The number of hydrogen-bond donors (Lipinski definition) is 2. The average molecular weight is 331 g/mol. The highest BCUT2D eigenvalue weighted by atomic mass is 16.5. The van der Waals surface area contributed by atoms with Crippen LogP contribution in [-0.4, -0.2) is 54.9 Å². The molecule has 0 aliphatic carbocycles. The van der Waals surface area contributed by atoms with Gasteiger partial charge >= 0.3 is 5.97 Å². The van der Waals surface area contributed by atoms with E-state index >= 15 is 0 Å². The van der Waals surface area contributed by atoms with Crippen molar-refractivity contribution in [2.45, 2.75) is 0 Å². The fraction of sp³-hybridized carbons (Fsp3) is 0.250. The molecule has 0 unspecified atom stereocenters. The number of rotatable bonds is 5. The number of aromatic amines is 1. The third-order valence-corrected chi connectivity index (χ3v) is 3.38. The first-order valence-electron chi connectivity index (χ1n) is 7.16. The molecule has 0 bridgehead atoms. The molecule has 0 saturated carbocycles. The number of esters is 1. The summed E-state index contributed by atoms with van der Waals surface area (Å²) in [5.41, 5.74) is 0.139. The number of likely N-dealkylation sites (N-methyl/N-ethyl adjacent to an activating group) is 2. The lowest BCUT2D eigenvalue weighted by atomic mass is 10.1. The fourth-order valence-corrected chi connectivity index (χ4v) is 2.07. The van der Waals surface area contributed by atoms with Crippen LogP contribution in [0.1, 0.15) is 10.4 Å². The summed E-state index contributed by atoms with van der Waals surface area (Å²) in [6, 6.07) is 7.91. The predicted molar refractivity (Wildman–Crippen MR) is 86.6 cm³/mol. The number of ether oxygens (including phenoxy) is 1. The average Bonchev–Trinajstić information content (AvgIpc) is 2.58. The third kappa shape index (κ3) is 3.97. The third-order valence-electron chi connectivity index (χ3n) is 3.38. The number of amides is 2. The molecular formula is C16H17N3O5. The molecule has 8 heteroatoms. The molecule has 1 aromatic carbocycles. The van der Waals surface area contributed by atoms with Gasteiger partial charge in [0.1, 0.15) is 0 Å². The smallest absolute Gasteiger partial charge is 0.339 e. The minimum absolute atomic E-state index is 0.0797. The zero-order chi connectivity index (χ0) is 17.7. The Kier molecular flexibility index (Phi) is 5.31. The van der Waals surface area contributed by atoms with E-state index in [0.29, 0.717) is 10.9 Å². The molecule has 0 aliphatic rings. The number of pyridine rings is 1. The monoisotopic (exact) mass is 331 g/mol. The summed E-state index contributed by atoms with van der Waals surface area (Å²) in [6.45, 7) is -0.658. The molecule has 0 spiro atoms. The molecule has 1 aromatic heterocycles. The fourth-order valence-electron chi connectivity index (χ4n) is 2.07. The van der Waals surface area contributed by atoms with Crippen LogP contribution < -0.4 is 10.9 Å². The lowest BCUT2D eigenvalue weighted by molar-refractivity contribution is -0.137. The van der Waals surface area contributed by atoms with Gasteiger partial charge in [-0.25, -0.2) is 4.79 Å². The topological polar surface area (TPSA) is 109 Å². The molecule has 2 amide bonds. The van der Waals surface area contributed by atoms with Gasteiger partial charge < -0.3 is 19.9 Å². The van der Waals surface area contributed by atoms with Gasteiger partial charge in [-0.05, 0) is 6.07 Å². The summed E-state index contributed by atoms with van der Waals surface area (Å²) in [4.78, 5) is 50.7. The number of nitrogens with zero attached hydrogens (tertiary/aromatic N) is 1. The Morgan fingerprint density at radius 1 is 1.25 bits per heavy atom. The van der Waals surface area contributed by atoms with Crippen LogP contribution in [0.4, 0.5) is 0 Å². The molecule has 2 N–H and O–H groups in total. The second-order valence-corrected chi connectivity index (χ2v) is 5.09. The van der Waals surface area contributed by atoms with Crippen LogP contribution in [0.15, 0.2) is 35.1 Å². The normalized spacial score (nSPS) is 10.2. The maximum absolute atomic E-state index is 12.2. The van der Waals surface area contributed by atoms with E-state index in [1.807, 2.05) is 0 Å². The van der Waals surface area contributed by atoms with Crippen molar-refractivity contribution in [3.63, 3.8) is 0 Å². The number of aromatic nitrogens is 1. The number of para-hydroxylation sites is 1. The van der Waals surface area contributed by atoms with E-state index in [0.717, 1.165) is 11.0 Å². The Morgan fingerprint density at radius 2 is 1.96 bits per heavy atom. The zero-order valence-corrected chi connectivity index (χ0v) is 13.3. The van der Waals surface area contributed by atoms with Crippen molar-refractivity contribution in [3.8, 4) is 0 Å². The minimum Gasteiger partial charge on any atom is -0.452 e. The van der Waals surface area contributed by atoms with E-state index in [2.05, 4.69) is 10.3 Å². The molecule has 1 heterocycles. The maximum atomic E-state index is 12.2. The first kappa shape index (κ1) is 17.2. The van der Waals surface area contributed by atoms with E-state index in [1.54, 1.807) is 24.3 Å². The largest absolute Gasteiger partial charge is 0.452 e. The van der Waals surface area contributed by atoms with Crippen LogP contribution in [0.5, 0.6) is 0 Å². The van der Waals surface area contributed by atoms with Crippen molar-refractivity contribution in [3.05, 3.63) is 46.2 Å². The summed E-state index contributed by atoms with van der Waals surface area (Å²) in [5, 5.41) is 2.91. The van der Waals surface area contributed by atoms with Crippen LogP contribution in [0.2, 0.25) is 0 Å². The number of hydrogen-bond acceptors (Lipinski definition) is 5. The highest BCUT2D eigenvalue weighted by Crippen LogP contribution is 2.15. The molecule has 2 aromatic rings. The van der Waals surface area contributed by atoms with Gasteiger partial charge in [-0.3, -0.25) is 14.4 Å². The Bertz CT molecular complexity index is 843. The highest BCUT2D eigenvalue weighted by Gasteiger charge is 2.17. The summed E-state index contributed by atoms with van der Waals surface area (Å²) >= 11 is 0. The van der Waals surface area contributed by atoms with Gasteiger partial charge in [-0.2, -0.15) is 0 Å². The molecule has 0 saturated heterocycles. The highest BCUT2D eigenvalue weighted by molar-refractivity contribution is 6.03. The molecular weight excluding hydrogens is 314 g/mol. The SMILES string of the molecule is CNC(=O)CN(C)C(=O)COC(=O)c1cc(=O)[nH]c2ccccc12. The Hall–Kier alpha value is -3.16. The van der Waals surface area contributed by atoms with E-state index in [9.17, 15) is 19.2 Å². The number of carbonyl (C=O) groups is 3. The summed E-state index contributed by atoms with van der Waals surface area (Å²) < 4.78 is 4.97. The standard InChI is InChI=1S/C16H17N3O5/c1-17-14(21)8-19(2)15(22)9-24-16(23)11-7-13(20)18-12-6-4-3-5-10(11)12/h3-7H,8-9H2,1-2H3,(H,17,21)(H,18,20). The number of nitrogens with one attached hydrogen (secondary N) is 2. The Balaban J connectivity index is 2.09. The molecule has 2 rings (SSSR count). The van der Waals surface area contributed by atoms with Gasteiger partial charge in [0.05, 0.1) is 12.1 Å². The first-order valence-corrected chi connectivity index (χ1v) is 7.16. The van der Waals surface area contributed by atoms with Crippen LogP contribution in [0, 0.1) is 0 Å². The van der Waals surface area contributed by atoms with E-state index in [1.165, 1.54) is 14.1 Å². The molecule has 8 nitrogen and oxygen atoms in total. The summed E-state index contributed by atoms with van der Waals surface area (Å²) in [6.07, 6.45) is 0. The second kappa shape index (κ2) is 7.40. The maximum Gasteiger partial charge on any atom is 0.339 e. The number of H-pyrrole nitrogens is 1. The second-order valence-electron chi connectivity index (χ2n) is 5.09. The molecule has 0 atom stereocenters. The van der Waals surface area contributed by atoms with Crippen LogP contribution in [0.25, 0.3) is 10.9 Å². The van der Waals surface area contributed by atoms with Crippen LogP contribution >= 0.6 is 0 Å². The van der Waals surface area contributed by atoms with Gasteiger partial charge in [0.25, 0.3) is 5.91 Å². The minimum atomic E-state index is -0.779. The van der Waals surface area contributed by atoms with E-state index in [-0.39, 0.29) is 18.0 Å². The van der Waals surface area contributed by atoms with Gasteiger partial charge in [0, 0.05) is 31.1 Å². The molecule has 0 aliphatic heterocycles. The van der Waals surface area contributed by atoms with Crippen molar-refractivity contribution in [1.29, 1.82) is 0 Å². The number of benzene rings is 1. The van der Waals surface area contributed by atoms with E-state index in [4.69, 9.17) is 4.74 Å². The zero-order valence-electron chi connectivity index (χ0n) is 13.3.